The number of para-hydroxylation sites is 2. The molecule has 0 spiro atoms. The molecule has 4 rings (SSSR count). The summed E-state index contributed by atoms with van der Waals surface area (Å²) in [5, 5.41) is 3.85. The minimum absolute atomic E-state index is 0.241. The summed E-state index contributed by atoms with van der Waals surface area (Å²) in [5.74, 6) is 0.995. The summed E-state index contributed by atoms with van der Waals surface area (Å²) in [4.78, 5) is 17.3. The van der Waals surface area contributed by atoms with E-state index in [9.17, 15) is 4.79 Å². The van der Waals surface area contributed by atoms with Crippen LogP contribution in [0.1, 0.15) is 12.6 Å². The minimum atomic E-state index is -0.719. The van der Waals surface area contributed by atoms with E-state index >= 15 is 0 Å². The molecule has 2 heterocycles. The zero-order valence-electron chi connectivity index (χ0n) is 14.0. The first-order valence-corrected chi connectivity index (χ1v) is 8.21. The van der Waals surface area contributed by atoms with E-state index in [-0.39, 0.29) is 12.0 Å². The van der Waals surface area contributed by atoms with Gasteiger partial charge >= 0.3 is 0 Å². The molecule has 1 aromatic heterocycles. The molecule has 2 unspecified atom stereocenters. The quantitative estimate of drug-likeness (QED) is 0.776. The van der Waals surface area contributed by atoms with Crippen molar-refractivity contribution < 1.29 is 14.3 Å². The first kappa shape index (κ1) is 15.4. The average Bonchev–Trinajstić information content (AvgIpc) is 2.61. The lowest BCUT2D eigenvalue weighted by atomic mass is 10.1. The molecule has 0 saturated heterocycles. The number of anilines is 1. The van der Waals surface area contributed by atoms with Crippen LogP contribution in [0.5, 0.6) is 11.5 Å². The summed E-state index contributed by atoms with van der Waals surface area (Å²) < 4.78 is 11.7. The molecule has 1 amide bonds. The van der Waals surface area contributed by atoms with Gasteiger partial charge in [-0.1, -0.05) is 18.2 Å². The van der Waals surface area contributed by atoms with E-state index in [4.69, 9.17) is 9.47 Å². The fraction of sp³-hybridized carbons (Fsp3) is 0.200. The van der Waals surface area contributed by atoms with Crippen molar-refractivity contribution >= 4 is 22.5 Å². The molecule has 126 valence electrons. The second kappa shape index (κ2) is 6.09. The molecule has 0 radical (unpaired) electrons. The van der Waals surface area contributed by atoms with Crippen LogP contribution in [0.3, 0.4) is 0 Å². The van der Waals surface area contributed by atoms with Gasteiger partial charge in [0, 0.05) is 11.1 Å². The standard InChI is InChI=1S/C20H18N2O3/c1-12-10-11-14-15(21-12)6-5-7-16(14)22-20(23)19-13(2)24-17-8-3-4-9-18(17)25-19/h3-11,13,19H,1-2H3,(H,22,23). The van der Waals surface area contributed by atoms with Gasteiger partial charge < -0.3 is 14.8 Å². The second-order valence-electron chi connectivity index (χ2n) is 6.12. The number of amides is 1. The van der Waals surface area contributed by atoms with E-state index in [0.29, 0.717) is 17.2 Å². The molecule has 2 aromatic carbocycles. The smallest absolute Gasteiger partial charge is 0.269 e. The van der Waals surface area contributed by atoms with Crippen molar-refractivity contribution in [3.05, 3.63) is 60.3 Å². The Kier molecular flexibility index (Phi) is 3.76. The number of hydrogen-bond acceptors (Lipinski definition) is 4. The van der Waals surface area contributed by atoms with Crippen molar-refractivity contribution in [1.82, 2.24) is 4.98 Å². The molecule has 3 aromatic rings. The normalized spacial score (nSPS) is 18.8. The van der Waals surface area contributed by atoms with Crippen molar-refractivity contribution in [2.24, 2.45) is 0 Å². The zero-order chi connectivity index (χ0) is 17.4. The Labute approximate surface area is 145 Å². The number of pyridine rings is 1. The lowest BCUT2D eigenvalue weighted by Gasteiger charge is -2.31. The highest BCUT2D eigenvalue weighted by molar-refractivity contribution is 6.03. The summed E-state index contributed by atoms with van der Waals surface area (Å²) in [6.45, 7) is 3.77. The number of rotatable bonds is 2. The van der Waals surface area contributed by atoms with Gasteiger partial charge in [0.05, 0.1) is 11.2 Å². The molecular formula is C20H18N2O3. The summed E-state index contributed by atoms with van der Waals surface area (Å²) in [6, 6.07) is 16.9. The molecule has 5 nitrogen and oxygen atoms in total. The molecular weight excluding hydrogens is 316 g/mol. The van der Waals surface area contributed by atoms with E-state index in [0.717, 1.165) is 16.6 Å². The Hall–Kier alpha value is -3.08. The summed E-state index contributed by atoms with van der Waals surface area (Å²) in [6.07, 6.45) is -1.10. The summed E-state index contributed by atoms with van der Waals surface area (Å²) in [7, 11) is 0. The Morgan fingerprint density at radius 1 is 1.00 bits per heavy atom. The Bertz CT molecular complexity index is 955. The van der Waals surface area contributed by atoms with E-state index in [1.165, 1.54) is 0 Å². The molecule has 5 heteroatoms. The van der Waals surface area contributed by atoms with Crippen LogP contribution >= 0.6 is 0 Å². The largest absolute Gasteiger partial charge is 0.482 e. The monoisotopic (exact) mass is 334 g/mol. The number of fused-ring (bicyclic) bond motifs is 2. The van der Waals surface area contributed by atoms with Gasteiger partial charge in [0.2, 0.25) is 6.10 Å². The van der Waals surface area contributed by atoms with Gasteiger partial charge in [-0.05, 0) is 50.2 Å². The second-order valence-corrected chi connectivity index (χ2v) is 6.12. The van der Waals surface area contributed by atoms with Crippen LogP contribution in [-0.2, 0) is 4.79 Å². The third-order valence-corrected chi connectivity index (χ3v) is 4.23. The molecule has 0 fully saturated rings. The molecule has 0 aliphatic carbocycles. The molecule has 1 aliphatic rings. The molecule has 25 heavy (non-hydrogen) atoms. The average molecular weight is 334 g/mol. The maximum absolute atomic E-state index is 12.8. The highest BCUT2D eigenvalue weighted by atomic mass is 16.6. The zero-order valence-corrected chi connectivity index (χ0v) is 14.0. The topological polar surface area (TPSA) is 60.5 Å². The highest BCUT2D eigenvalue weighted by Crippen LogP contribution is 2.34. The number of carbonyl (C=O) groups excluding carboxylic acids is 1. The number of hydrogen-bond donors (Lipinski definition) is 1. The van der Waals surface area contributed by atoms with Gasteiger partial charge in [-0.3, -0.25) is 9.78 Å². The Morgan fingerprint density at radius 3 is 2.56 bits per heavy atom. The third-order valence-electron chi connectivity index (χ3n) is 4.23. The first-order chi connectivity index (χ1) is 12.1. The number of nitrogens with zero attached hydrogens (tertiary/aromatic N) is 1. The van der Waals surface area contributed by atoms with E-state index in [1.54, 1.807) is 6.07 Å². The van der Waals surface area contributed by atoms with E-state index in [1.807, 2.05) is 62.4 Å². The number of carbonyl (C=O) groups is 1. The van der Waals surface area contributed by atoms with Crippen LogP contribution in [0.2, 0.25) is 0 Å². The van der Waals surface area contributed by atoms with Crippen LogP contribution in [0.4, 0.5) is 5.69 Å². The molecule has 2 atom stereocenters. The first-order valence-electron chi connectivity index (χ1n) is 8.21. The minimum Gasteiger partial charge on any atom is -0.482 e. The van der Waals surface area contributed by atoms with Crippen molar-refractivity contribution in [2.45, 2.75) is 26.1 Å². The van der Waals surface area contributed by atoms with Crippen LogP contribution in [0.25, 0.3) is 10.9 Å². The van der Waals surface area contributed by atoms with Gasteiger partial charge in [0.15, 0.2) is 11.5 Å². The molecule has 0 bridgehead atoms. The van der Waals surface area contributed by atoms with E-state index < -0.39 is 6.10 Å². The third kappa shape index (κ3) is 2.89. The van der Waals surface area contributed by atoms with Gasteiger partial charge in [0.25, 0.3) is 5.91 Å². The van der Waals surface area contributed by atoms with E-state index in [2.05, 4.69) is 10.3 Å². The van der Waals surface area contributed by atoms with Gasteiger partial charge in [-0.25, -0.2) is 0 Å². The predicted molar refractivity (Wildman–Crippen MR) is 96.1 cm³/mol. The van der Waals surface area contributed by atoms with Crippen molar-refractivity contribution in [3.63, 3.8) is 0 Å². The fourth-order valence-electron chi connectivity index (χ4n) is 2.98. The van der Waals surface area contributed by atoms with Gasteiger partial charge in [-0.2, -0.15) is 0 Å². The Morgan fingerprint density at radius 2 is 1.76 bits per heavy atom. The molecule has 0 saturated carbocycles. The Balaban J connectivity index is 1.61. The lowest BCUT2D eigenvalue weighted by molar-refractivity contribution is -0.127. The number of nitrogens with one attached hydrogen (secondary N) is 1. The maximum atomic E-state index is 12.8. The number of aromatic nitrogens is 1. The molecule has 1 N–H and O–H groups in total. The maximum Gasteiger partial charge on any atom is 0.269 e. The number of ether oxygens (including phenoxy) is 2. The fourth-order valence-corrected chi connectivity index (χ4v) is 2.98. The predicted octanol–water partition coefficient (Wildman–Crippen LogP) is 3.71. The summed E-state index contributed by atoms with van der Waals surface area (Å²) in [5.41, 5.74) is 2.49. The lowest BCUT2D eigenvalue weighted by Crippen LogP contribution is -2.46. The number of benzene rings is 2. The van der Waals surface area contributed by atoms with Gasteiger partial charge in [0.1, 0.15) is 6.10 Å². The van der Waals surface area contributed by atoms with Crippen LogP contribution < -0.4 is 14.8 Å². The van der Waals surface area contributed by atoms with Crippen LogP contribution in [-0.4, -0.2) is 23.1 Å². The van der Waals surface area contributed by atoms with Crippen LogP contribution in [0, 0.1) is 6.92 Å². The molecule has 1 aliphatic heterocycles. The number of aryl methyl sites for hydroxylation is 1. The van der Waals surface area contributed by atoms with Crippen molar-refractivity contribution in [2.75, 3.05) is 5.32 Å². The SMILES string of the molecule is Cc1ccc2c(NC(=O)C3Oc4ccccc4OC3C)cccc2n1. The summed E-state index contributed by atoms with van der Waals surface area (Å²) >= 11 is 0. The van der Waals surface area contributed by atoms with Crippen molar-refractivity contribution in [3.8, 4) is 11.5 Å². The van der Waals surface area contributed by atoms with Gasteiger partial charge in [-0.15, -0.1) is 0 Å². The van der Waals surface area contributed by atoms with Crippen molar-refractivity contribution in [1.29, 1.82) is 0 Å². The van der Waals surface area contributed by atoms with Crippen LogP contribution in [0.15, 0.2) is 54.6 Å². The highest BCUT2D eigenvalue weighted by Gasteiger charge is 2.34.